The summed E-state index contributed by atoms with van der Waals surface area (Å²) >= 11 is 0. The number of rotatable bonds is 26. The maximum absolute atomic E-state index is 12.8. The van der Waals surface area contributed by atoms with Gasteiger partial charge < -0.3 is 28.4 Å². The van der Waals surface area contributed by atoms with Crippen molar-refractivity contribution in [3.63, 3.8) is 0 Å². The molecule has 306 valence electrons. The highest BCUT2D eigenvalue weighted by molar-refractivity contribution is 5.91. The van der Waals surface area contributed by atoms with Gasteiger partial charge in [0.2, 0.25) is 0 Å². The van der Waals surface area contributed by atoms with Crippen molar-refractivity contribution in [2.75, 3.05) is 26.4 Å². The van der Waals surface area contributed by atoms with E-state index in [-0.39, 0.29) is 24.3 Å². The molecule has 0 aliphatic carbocycles. The number of aryl methyl sites for hydroxylation is 1. The summed E-state index contributed by atoms with van der Waals surface area (Å²) in [5.41, 5.74) is 3.53. The van der Waals surface area contributed by atoms with E-state index >= 15 is 0 Å². The SMILES string of the molecule is C=CC(=O)OCCCCCCOc1ccc(CCC(=O)Oc2ccc(C(C)c3ccc(OC(=O)c4ccc(OCCCCCCOC(=O)C=C)cc4)cc3)cc2)cc1. The summed E-state index contributed by atoms with van der Waals surface area (Å²) in [6, 6.07) is 29.5. The van der Waals surface area contributed by atoms with Crippen LogP contribution >= 0.6 is 0 Å². The predicted octanol–water partition coefficient (Wildman–Crippen LogP) is 9.93. The van der Waals surface area contributed by atoms with Crippen LogP contribution in [0.5, 0.6) is 23.0 Å². The van der Waals surface area contributed by atoms with Crippen LogP contribution in [-0.2, 0) is 30.3 Å². The highest BCUT2D eigenvalue weighted by Crippen LogP contribution is 2.28. The first-order chi connectivity index (χ1) is 28.2. The number of carbonyl (C=O) groups is 4. The van der Waals surface area contributed by atoms with E-state index in [0.717, 1.165) is 79.9 Å². The fourth-order valence-corrected chi connectivity index (χ4v) is 5.83. The summed E-state index contributed by atoms with van der Waals surface area (Å²) < 4.78 is 32.8. The molecule has 0 saturated heterocycles. The van der Waals surface area contributed by atoms with E-state index in [0.29, 0.717) is 55.7 Å². The van der Waals surface area contributed by atoms with Crippen molar-refractivity contribution in [3.8, 4) is 23.0 Å². The van der Waals surface area contributed by atoms with Gasteiger partial charge in [0.05, 0.1) is 32.0 Å². The molecule has 1 atom stereocenters. The smallest absolute Gasteiger partial charge is 0.343 e. The average Bonchev–Trinajstić information content (AvgIpc) is 3.25. The minimum atomic E-state index is -0.458. The van der Waals surface area contributed by atoms with Gasteiger partial charge in [0.25, 0.3) is 0 Å². The molecule has 10 nitrogen and oxygen atoms in total. The maximum atomic E-state index is 12.8. The van der Waals surface area contributed by atoms with Crippen LogP contribution in [0.15, 0.2) is 122 Å². The molecule has 0 aliphatic heterocycles. The van der Waals surface area contributed by atoms with Crippen LogP contribution in [0.3, 0.4) is 0 Å². The number of ether oxygens (including phenoxy) is 6. The van der Waals surface area contributed by atoms with Gasteiger partial charge in [0.1, 0.15) is 23.0 Å². The first-order valence-corrected chi connectivity index (χ1v) is 19.9. The minimum Gasteiger partial charge on any atom is -0.494 e. The van der Waals surface area contributed by atoms with Crippen molar-refractivity contribution in [2.45, 2.75) is 77.0 Å². The Morgan fingerprint density at radius 3 is 1.40 bits per heavy atom. The topological polar surface area (TPSA) is 124 Å². The molecule has 0 aliphatic rings. The fraction of sp³-hybridized carbons (Fsp3) is 0.333. The molecule has 0 spiro atoms. The van der Waals surface area contributed by atoms with Gasteiger partial charge in [0, 0.05) is 24.5 Å². The molecule has 0 N–H and O–H groups in total. The molecule has 4 aromatic rings. The summed E-state index contributed by atoms with van der Waals surface area (Å²) in [5.74, 6) is 0.891. The zero-order valence-electron chi connectivity index (χ0n) is 33.4. The van der Waals surface area contributed by atoms with E-state index in [1.54, 1.807) is 48.5 Å². The lowest BCUT2D eigenvalue weighted by atomic mass is 9.93. The monoisotopic (exact) mass is 790 g/mol. The molecular formula is C48H54O10. The molecule has 0 heterocycles. The highest BCUT2D eigenvalue weighted by Gasteiger charge is 2.13. The van der Waals surface area contributed by atoms with Crippen LogP contribution in [0.25, 0.3) is 0 Å². The first-order valence-electron chi connectivity index (χ1n) is 19.9. The maximum Gasteiger partial charge on any atom is 0.343 e. The third kappa shape index (κ3) is 16.5. The van der Waals surface area contributed by atoms with Crippen LogP contribution in [0.4, 0.5) is 0 Å². The van der Waals surface area contributed by atoms with Crippen LogP contribution in [0.2, 0.25) is 0 Å². The summed E-state index contributed by atoms with van der Waals surface area (Å²) in [6.07, 6.45) is 10.4. The summed E-state index contributed by atoms with van der Waals surface area (Å²) in [6.45, 7) is 10.8. The van der Waals surface area contributed by atoms with Gasteiger partial charge in [-0.2, -0.15) is 0 Å². The fourth-order valence-electron chi connectivity index (χ4n) is 5.83. The van der Waals surface area contributed by atoms with E-state index in [1.165, 1.54) is 6.08 Å². The van der Waals surface area contributed by atoms with Crippen molar-refractivity contribution >= 4 is 23.9 Å². The van der Waals surface area contributed by atoms with E-state index in [1.807, 2.05) is 48.5 Å². The third-order valence-corrected chi connectivity index (χ3v) is 9.27. The molecule has 4 aromatic carbocycles. The van der Waals surface area contributed by atoms with Gasteiger partial charge in [-0.05, 0) is 135 Å². The summed E-state index contributed by atoms with van der Waals surface area (Å²) in [5, 5.41) is 0. The number of benzene rings is 4. The second-order valence-corrected chi connectivity index (χ2v) is 13.7. The molecule has 1 unspecified atom stereocenters. The Morgan fingerprint density at radius 1 is 0.517 bits per heavy atom. The normalized spacial score (nSPS) is 11.1. The lowest BCUT2D eigenvalue weighted by Crippen LogP contribution is -2.09. The van der Waals surface area contributed by atoms with E-state index in [9.17, 15) is 19.2 Å². The second-order valence-electron chi connectivity index (χ2n) is 13.7. The van der Waals surface area contributed by atoms with Gasteiger partial charge in [-0.15, -0.1) is 0 Å². The van der Waals surface area contributed by atoms with Gasteiger partial charge in [-0.25, -0.2) is 14.4 Å². The third-order valence-electron chi connectivity index (χ3n) is 9.27. The van der Waals surface area contributed by atoms with Crippen LogP contribution in [0.1, 0.15) is 97.7 Å². The first kappa shape index (κ1) is 44.6. The zero-order valence-corrected chi connectivity index (χ0v) is 33.4. The lowest BCUT2D eigenvalue weighted by Gasteiger charge is -2.14. The molecule has 0 amide bonds. The van der Waals surface area contributed by atoms with Crippen molar-refractivity contribution in [3.05, 3.63) is 145 Å². The molecule has 0 bridgehead atoms. The van der Waals surface area contributed by atoms with E-state index in [4.69, 9.17) is 28.4 Å². The Hall–Kier alpha value is -6.16. The Morgan fingerprint density at radius 2 is 0.931 bits per heavy atom. The van der Waals surface area contributed by atoms with Crippen molar-refractivity contribution in [1.29, 1.82) is 0 Å². The van der Waals surface area contributed by atoms with Gasteiger partial charge in [0.15, 0.2) is 0 Å². The molecule has 0 radical (unpaired) electrons. The Balaban J connectivity index is 1.11. The summed E-state index contributed by atoms with van der Waals surface area (Å²) in [4.78, 5) is 47.5. The predicted molar refractivity (Wildman–Crippen MR) is 222 cm³/mol. The molecule has 10 heteroatoms. The molecule has 0 fully saturated rings. The Bertz CT molecular complexity index is 1880. The number of esters is 4. The molecule has 0 aromatic heterocycles. The zero-order chi connectivity index (χ0) is 41.4. The molecule has 4 rings (SSSR count). The van der Waals surface area contributed by atoms with Gasteiger partial charge in [-0.1, -0.05) is 56.5 Å². The van der Waals surface area contributed by atoms with Crippen molar-refractivity contribution in [2.24, 2.45) is 0 Å². The van der Waals surface area contributed by atoms with E-state index in [2.05, 4.69) is 20.1 Å². The van der Waals surface area contributed by atoms with Crippen molar-refractivity contribution in [1.82, 2.24) is 0 Å². The number of hydrogen-bond acceptors (Lipinski definition) is 10. The van der Waals surface area contributed by atoms with Gasteiger partial charge >= 0.3 is 23.9 Å². The average molecular weight is 791 g/mol. The minimum absolute atomic E-state index is 0.0524. The Labute approximate surface area is 341 Å². The lowest BCUT2D eigenvalue weighted by molar-refractivity contribution is -0.138. The number of hydrogen-bond donors (Lipinski definition) is 0. The Kier molecular flexibility index (Phi) is 19.3. The van der Waals surface area contributed by atoms with Crippen LogP contribution < -0.4 is 18.9 Å². The van der Waals surface area contributed by atoms with Crippen molar-refractivity contribution < 1.29 is 47.6 Å². The largest absolute Gasteiger partial charge is 0.494 e. The van der Waals surface area contributed by atoms with Crippen LogP contribution in [-0.4, -0.2) is 50.3 Å². The van der Waals surface area contributed by atoms with E-state index < -0.39 is 11.9 Å². The molecule has 0 saturated carbocycles. The van der Waals surface area contributed by atoms with Gasteiger partial charge in [-0.3, -0.25) is 4.79 Å². The number of carbonyl (C=O) groups excluding carboxylic acids is 4. The summed E-state index contributed by atoms with van der Waals surface area (Å²) in [7, 11) is 0. The highest BCUT2D eigenvalue weighted by atomic mass is 16.5. The quantitative estimate of drug-likeness (QED) is 0.0263. The molecule has 58 heavy (non-hydrogen) atoms. The number of unbranched alkanes of at least 4 members (excludes halogenated alkanes) is 6. The molecular weight excluding hydrogens is 737 g/mol. The van der Waals surface area contributed by atoms with Crippen LogP contribution in [0, 0.1) is 0 Å². The second kappa shape index (κ2) is 25.2. The standard InChI is InChI=1S/C48H54O10/c1-4-45(49)55-34-12-8-6-10-32-53-41-23-14-37(15-24-41)16-31-47(51)57-43-27-17-38(18-28-43)36(3)39-19-29-44(30-20-39)58-48(52)40-21-25-42(26-22-40)54-33-11-7-9-13-35-56-46(50)5-2/h4-5,14-15,17-30,36H,1-2,6-13,16,31-35H2,3H3.